The Labute approximate surface area is 148 Å². The van der Waals surface area contributed by atoms with Gasteiger partial charge in [0.25, 0.3) is 0 Å². The molecule has 25 heavy (non-hydrogen) atoms. The largest absolute Gasteiger partial charge is 0.480 e. The summed E-state index contributed by atoms with van der Waals surface area (Å²) >= 11 is 6.06. The third kappa shape index (κ3) is 4.45. The van der Waals surface area contributed by atoms with Gasteiger partial charge in [0.1, 0.15) is 11.6 Å². The molecule has 3 rings (SSSR count). The first-order chi connectivity index (χ1) is 12.1. The molecule has 0 radical (unpaired) electrons. The van der Waals surface area contributed by atoms with Gasteiger partial charge < -0.3 is 9.84 Å². The maximum absolute atomic E-state index is 10.5. The van der Waals surface area contributed by atoms with Gasteiger partial charge in [0.05, 0.1) is 16.8 Å². The van der Waals surface area contributed by atoms with Crippen molar-refractivity contribution in [1.29, 1.82) is 0 Å². The maximum atomic E-state index is 10.5. The predicted molar refractivity (Wildman–Crippen MR) is 97.5 cm³/mol. The Kier molecular flexibility index (Phi) is 5.11. The number of ether oxygens (including phenoxy) is 1. The summed E-state index contributed by atoms with van der Waals surface area (Å²) in [7, 11) is 0. The summed E-state index contributed by atoms with van der Waals surface area (Å²) in [5.41, 5.74) is 4.48. The van der Waals surface area contributed by atoms with Gasteiger partial charge in [0.15, 0.2) is 6.61 Å². The van der Waals surface area contributed by atoms with Gasteiger partial charge in [-0.2, -0.15) is 5.10 Å². The molecule has 0 aliphatic heterocycles. The van der Waals surface area contributed by atoms with Gasteiger partial charge >= 0.3 is 5.97 Å². The molecule has 2 aromatic carbocycles. The van der Waals surface area contributed by atoms with Crippen molar-refractivity contribution in [3.63, 3.8) is 0 Å². The second kappa shape index (κ2) is 7.63. The number of nitrogens with zero attached hydrogens (tertiary/aromatic N) is 2. The summed E-state index contributed by atoms with van der Waals surface area (Å²) in [5, 5.41) is 14.1. The number of hydrogen-bond donors (Lipinski definition) is 2. The number of benzene rings is 2. The number of carbonyl (C=O) groups is 1. The van der Waals surface area contributed by atoms with Crippen LogP contribution in [0, 0.1) is 0 Å². The van der Waals surface area contributed by atoms with E-state index in [1.54, 1.807) is 24.4 Å². The highest BCUT2D eigenvalue weighted by atomic mass is 35.5. The quantitative estimate of drug-likeness (QED) is 0.519. The number of rotatable bonds is 6. The van der Waals surface area contributed by atoms with E-state index >= 15 is 0 Å². The number of pyridine rings is 1. The Balaban J connectivity index is 1.66. The minimum Gasteiger partial charge on any atom is -0.480 e. The Morgan fingerprint density at radius 3 is 2.88 bits per heavy atom. The van der Waals surface area contributed by atoms with Crippen molar-refractivity contribution in [2.75, 3.05) is 12.0 Å². The molecule has 0 fully saturated rings. The summed E-state index contributed by atoms with van der Waals surface area (Å²) in [6.07, 6.45) is 1.59. The average Bonchev–Trinajstić information content (AvgIpc) is 2.61. The van der Waals surface area contributed by atoms with Gasteiger partial charge in [-0.05, 0) is 42.0 Å². The number of aliphatic carboxylic acids is 1. The van der Waals surface area contributed by atoms with Crippen LogP contribution in [0.2, 0.25) is 5.02 Å². The zero-order valence-corrected chi connectivity index (χ0v) is 13.8. The number of carboxylic acids is 1. The molecule has 0 saturated heterocycles. The number of halogens is 1. The van der Waals surface area contributed by atoms with E-state index < -0.39 is 12.6 Å². The molecule has 0 amide bonds. The van der Waals surface area contributed by atoms with Gasteiger partial charge in [0, 0.05) is 5.39 Å². The SMILES string of the molecule is O=C(O)COc1ccc(/C=N\Nc2ccc3ccccc3n2)cc1Cl. The molecule has 7 heteroatoms. The molecule has 0 atom stereocenters. The van der Waals surface area contributed by atoms with Crippen molar-refractivity contribution in [3.8, 4) is 5.75 Å². The second-order valence-corrected chi connectivity index (χ2v) is 5.54. The molecule has 3 aromatic rings. The average molecular weight is 356 g/mol. The van der Waals surface area contributed by atoms with Crippen LogP contribution in [0.15, 0.2) is 59.7 Å². The number of hydrazone groups is 1. The van der Waals surface area contributed by atoms with Gasteiger partial charge in [-0.25, -0.2) is 9.78 Å². The van der Waals surface area contributed by atoms with Crippen molar-refractivity contribution < 1.29 is 14.6 Å². The molecular formula is C18H14ClN3O3. The fourth-order valence-corrected chi connectivity index (χ4v) is 2.40. The Bertz CT molecular complexity index is 944. The van der Waals surface area contributed by atoms with E-state index in [9.17, 15) is 4.79 Å². The molecule has 0 unspecified atom stereocenters. The number of fused-ring (bicyclic) bond motifs is 1. The summed E-state index contributed by atoms with van der Waals surface area (Å²) in [6.45, 7) is -0.442. The molecular weight excluding hydrogens is 342 g/mol. The first kappa shape index (κ1) is 16.7. The second-order valence-electron chi connectivity index (χ2n) is 5.13. The number of anilines is 1. The predicted octanol–water partition coefficient (Wildman–Crippen LogP) is 3.80. The molecule has 1 aromatic heterocycles. The summed E-state index contributed by atoms with van der Waals surface area (Å²) in [5.74, 6) is -0.123. The van der Waals surface area contributed by atoms with E-state index in [1.807, 2.05) is 36.4 Å². The number of carboxylic acid groups (broad SMARTS) is 1. The Morgan fingerprint density at radius 1 is 1.24 bits per heavy atom. The van der Waals surface area contributed by atoms with Gasteiger partial charge in [0.2, 0.25) is 0 Å². The fraction of sp³-hybridized carbons (Fsp3) is 0.0556. The first-order valence-electron chi connectivity index (χ1n) is 7.41. The Hall–Kier alpha value is -3.12. The number of aromatic nitrogens is 1. The fourth-order valence-electron chi connectivity index (χ4n) is 2.16. The smallest absolute Gasteiger partial charge is 0.341 e. The molecule has 6 nitrogen and oxygen atoms in total. The lowest BCUT2D eigenvalue weighted by Gasteiger charge is -2.06. The molecule has 0 spiro atoms. The molecule has 0 aliphatic carbocycles. The molecule has 126 valence electrons. The van der Waals surface area contributed by atoms with E-state index in [0.717, 1.165) is 16.5 Å². The summed E-state index contributed by atoms with van der Waals surface area (Å²) < 4.78 is 5.07. The topological polar surface area (TPSA) is 83.8 Å². The third-order valence-corrected chi connectivity index (χ3v) is 3.59. The molecule has 2 N–H and O–H groups in total. The highest BCUT2D eigenvalue weighted by Gasteiger charge is 2.05. The van der Waals surface area contributed by atoms with Crippen LogP contribution in [0.5, 0.6) is 5.75 Å². The van der Waals surface area contributed by atoms with E-state index in [-0.39, 0.29) is 0 Å². The highest BCUT2D eigenvalue weighted by molar-refractivity contribution is 6.32. The summed E-state index contributed by atoms with van der Waals surface area (Å²) in [6, 6.07) is 16.6. The molecule has 0 bridgehead atoms. The van der Waals surface area contributed by atoms with Gasteiger partial charge in [-0.15, -0.1) is 0 Å². The van der Waals surface area contributed by atoms with Crippen LogP contribution < -0.4 is 10.2 Å². The van der Waals surface area contributed by atoms with Crippen molar-refractivity contribution in [2.24, 2.45) is 5.10 Å². The number of hydrogen-bond acceptors (Lipinski definition) is 5. The minimum atomic E-state index is -1.06. The zero-order chi connectivity index (χ0) is 17.6. The summed E-state index contributed by atoms with van der Waals surface area (Å²) in [4.78, 5) is 15.0. The highest BCUT2D eigenvalue weighted by Crippen LogP contribution is 2.25. The zero-order valence-electron chi connectivity index (χ0n) is 13.0. The maximum Gasteiger partial charge on any atom is 0.341 e. The van der Waals surface area contributed by atoms with Crippen LogP contribution in [0.25, 0.3) is 10.9 Å². The van der Waals surface area contributed by atoms with Crippen LogP contribution in [0.4, 0.5) is 5.82 Å². The van der Waals surface area contributed by atoms with Crippen LogP contribution in [0.1, 0.15) is 5.56 Å². The lowest BCUT2D eigenvalue weighted by atomic mass is 10.2. The monoisotopic (exact) mass is 355 g/mol. The molecule has 0 saturated carbocycles. The van der Waals surface area contributed by atoms with E-state index in [4.69, 9.17) is 21.4 Å². The van der Waals surface area contributed by atoms with Crippen molar-refractivity contribution in [2.45, 2.75) is 0 Å². The van der Waals surface area contributed by atoms with Crippen LogP contribution in [-0.4, -0.2) is 28.9 Å². The Morgan fingerprint density at radius 2 is 2.08 bits per heavy atom. The normalized spacial score (nSPS) is 10.9. The lowest BCUT2D eigenvalue weighted by Crippen LogP contribution is -2.09. The standard InChI is InChI=1S/C18H14ClN3O3/c19-14-9-12(5-7-16(14)25-11-18(23)24)10-20-22-17-8-6-13-3-1-2-4-15(13)21-17/h1-10H,11H2,(H,21,22)(H,23,24)/b20-10-. The van der Waals surface area contributed by atoms with Crippen LogP contribution >= 0.6 is 11.6 Å². The third-order valence-electron chi connectivity index (χ3n) is 3.30. The first-order valence-corrected chi connectivity index (χ1v) is 7.78. The number of para-hydroxylation sites is 1. The van der Waals surface area contributed by atoms with Crippen LogP contribution in [0.3, 0.4) is 0 Å². The van der Waals surface area contributed by atoms with Gasteiger partial charge in [-0.3, -0.25) is 5.43 Å². The van der Waals surface area contributed by atoms with Crippen molar-refractivity contribution in [1.82, 2.24) is 4.98 Å². The molecule has 1 heterocycles. The minimum absolute atomic E-state index is 0.311. The van der Waals surface area contributed by atoms with E-state index in [2.05, 4.69) is 15.5 Å². The number of nitrogens with one attached hydrogen (secondary N) is 1. The van der Waals surface area contributed by atoms with E-state index in [0.29, 0.717) is 16.6 Å². The van der Waals surface area contributed by atoms with E-state index in [1.165, 1.54) is 0 Å². The lowest BCUT2D eigenvalue weighted by molar-refractivity contribution is -0.139. The van der Waals surface area contributed by atoms with Crippen molar-refractivity contribution >= 4 is 40.5 Å². The van der Waals surface area contributed by atoms with Crippen LogP contribution in [-0.2, 0) is 4.79 Å². The molecule has 0 aliphatic rings. The van der Waals surface area contributed by atoms with Gasteiger partial charge in [-0.1, -0.05) is 29.8 Å². The van der Waals surface area contributed by atoms with Crippen molar-refractivity contribution in [3.05, 3.63) is 65.2 Å².